The molecule has 0 radical (unpaired) electrons. The van der Waals surface area contributed by atoms with Gasteiger partial charge in [-0.1, -0.05) is 6.07 Å². The standard InChI is InChI=1S/C18H11BrF3N5O2/c1-9-4-5-11(10(19)7-9)23-16(28)15-25-17-24-12(13-3-2-6-29-13)8-14(18(20,21)22)27(17)26-15/h2-8H,1H3,(H,23,28). The number of nitrogens with one attached hydrogen (secondary N) is 1. The number of rotatable bonds is 3. The van der Waals surface area contributed by atoms with Crippen molar-refractivity contribution < 1.29 is 22.4 Å². The van der Waals surface area contributed by atoms with E-state index in [1.807, 2.05) is 6.92 Å². The summed E-state index contributed by atoms with van der Waals surface area (Å²) in [5.74, 6) is -1.46. The largest absolute Gasteiger partial charge is 0.463 e. The number of furan rings is 1. The molecule has 0 atom stereocenters. The van der Waals surface area contributed by atoms with Crippen molar-refractivity contribution in [1.82, 2.24) is 19.6 Å². The van der Waals surface area contributed by atoms with Crippen molar-refractivity contribution in [2.75, 3.05) is 5.32 Å². The van der Waals surface area contributed by atoms with Crippen LogP contribution in [-0.2, 0) is 6.18 Å². The summed E-state index contributed by atoms with van der Waals surface area (Å²) in [5, 5.41) is 6.27. The van der Waals surface area contributed by atoms with Gasteiger partial charge in [0.1, 0.15) is 5.69 Å². The Kier molecular flexibility index (Phi) is 4.61. The summed E-state index contributed by atoms with van der Waals surface area (Å²) in [6.07, 6.45) is -3.43. The van der Waals surface area contributed by atoms with E-state index in [9.17, 15) is 18.0 Å². The third kappa shape index (κ3) is 3.73. The fourth-order valence-corrected chi connectivity index (χ4v) is 3.21. The Labute approximate surface area is 169 Å². The number of aryl methyl sites for hydroxylation is 1. The number of anilines is 1. The lowest BCUT2D eigenvalue weighted by Crippen LogP contribution is -2.16. The monoisotopic (exact) mass is 465 g/mol. The Morgan fingerprint density at radius 3 is 2.66 bits per heavy atom. The highest BCUT2D eigenvalue weighted by molar-refractivity contribution is 9.10. The van der Waals surface area contributed by atoms with Crippen molar-refractivity contribution in [3.8, 4) is 11.5 Å². The molecule has 3 aromatic heterocycles. The van der Waals surface area contributed by atoms with Crippen molar-refractivity contribution in [2.45, 2.75) is 13.1 Å². The second kappa shape index (κ2) is 6.99. The highest BCUT2D eigenvalue weighted by atomic mass is 79.9. The number of nitrogens with zero attached hydrogens (tertiary/aromatic N) is 4. The summed E-state index contributed by atoms with van der Waals surface area (Å²) in [6, 6.07) is 9.00. The maximum Gasteiger partial charge on any atom is 0.433 e. The quantitative estimate of drug-likeness (QED) is 0.472. The molecule has 0 aliphatic heterocycles. The van der Waals surface area contributed by atoms with Gasteiger partial charge in [0.2, 0.25) is 5.82 Å². The lowest BCUT2D eigenvalue weighted by Gasteiger charge is -2.09. The molecule has 1 N–H and O–H groups in total. The van der Waals surface area contributed by atoms with Gasteiger partial charge in [-0.05, 0) is 58.7 Å². The van der Waals surface area contributed by atoms with Crippen LogP contribution in [0.15, 0.2) is 51.6 Å². The third-order valence-corrected chi connectivity index (χ3v) is 4.61. The number of alkyl halides is 3. The van der Waals surface area contributed by atoms with Crippen molar-refractivity contribution in [1.29, 1.82) is 0 Å². The predicted octanol–water partition coefficient (Wildman–Crippen LogP) is 4.73. The smallest absolute Gasteiger partial charge is 0.433 e. The van der Waals surface area contributed by atoms with E-state index >= 15 is 0 Å². The van der Waals surface area contributed by atoms with Crippen LogP contribution in [0.4, 0.5) is 18.9 Å². The number of carbonyl (C=O) groups is 1. The van der Waals surface area contributed by atoms with E-state index in [1.54, 1.807) is 18.2 Å². The molecule has 0 saturated heterocycles. The van der Waals surface area contributed by atoms with Gasteiger partial charge < -0.3 is 9.73 Å². The molecule has 0 bridgehead atoms. The molecule has 0 aliphatic carbocycles. The molecule has 148 valence electrons. The molecule has 4 rings (SSSR count). The molecule has 29 heavy (non-hydrogen) atoms. The molecule has 1 amide bonds. The highest BCUT2D eigenvalue weighted by Crippen LogP contribution is 2.32. The summed E-state index contributed by atoms with van der Waals surface area (Å²) in [6.45, 7) is 1.88. The van der Waals surface area contributed by atoms with Crippen LogP contribution >= 0.6 is 15.9 Å². The first-order valence-electron chi connectivity index (χ1n) is 8.19. The van der Waals surface area contributed by atoms with Crippen LogP contribution in [0.3, 0.4) is 0 Å². The number of carbonyl (C=O) groups excluding carboxylic acids is 1. The van der Waals surface area contributed by atoms with Crippen LogP contribution in [0.2, 0.25) is 0 Å². The highest BCUT2D eigenvalue weighted by Gasteiger charge is 2.36. The number of amides is 1. The molecule has 4 aromatic rings. The zero-order valence-corrected chi connectivity index (χ0v) is 16.2. The Morgan fingerprint density at radius 2 is 2.00 bits per heavy atom. The summed E-state index contributed by atoms with van der Waals surface area (Å²) < 4.78 is 46.8. The molecular weight excluding hydrogens is 455 g/mol. The summed E-state index contributed by atoms with van der Waals surface area (Å²) in [5.41, 5.74) is 0.192. The lowest BCUT2D eigenvalue weighted by molar-refractivity contribution is -0.142. The summed E-state index contributed by atoms with van der Waals surface area (Å²) in [7, 11) is 0. The number of hydrogen-bond donors (Lipinski definition) is 1. The number of fused-ring (bicyclic) bond motifs is 1. The van der Waals surface area contributed by atoms with Crippen LogP contribution in [0.1, 0.15) is 21.9 Å². The van der Waals surface area contributed by atoms with E-state index in [0.717, 1.165) is 11.6 Å². The normalized spacial score (nSPS) is 11.8. The van der Waals surface area contributed by atoms with Gasteiger partial charge in [-0.15, -0.1) is 5.10 Å². The van der Waals surface area contributed by atoms with E-state index in [2.05, 4.69) is 36.3 Å². The minimum absolute atomic E-state index is 0.0736. The lowest BCUT2D eigenvalue weighted by atomic mass is 10.2. The Hall–Kier alpha value is -3.21. The summed E-state index contributed by atoms with van der Waals surface area (Å²) >= 11 is 3.32. The first-order valence-corrected chi connectivity index (χ1v) is 8.98. The Bertz CT molecular complexity index is 1220. The van der Waals surface area contributed by atoms with Gasteiger partial charge in [0.25, 0.3) is 11.7 Å². The molecule has 11 heteroatoms. The Balaban J connectivity index is 1.77. The third-order valence-electron chi connectivity index (χ3n) is 3.95. The van der Waals surface area contributed by atoms with Gasteiger partial charge in [0.15, 0.2) is 11.5 Å². The number of halogens is 4. The van der Waals surface area contributed by atoms with Crippen LogP contribution in [0.5, 0.6) is 0 Å². The second-order valence-corrected chi connectivity index (χ2v) is 6.94. The molecule has 3 heterocycles. The van der Waals surface area contributed by atoms with Gasteiger partial charge in [0.05, 0.1) is 12.0 Å². The van der Waals surface area contributed by atoms with Gasteiger partial charge >= 0.3 is 6.18 Å². The molecule has 0 saturated carbocycles. The van der Waals surface area contributed by atoms with E-state index in [1.165, 1.54) is 18.4 Å². The van der Waals surface area contributed by atoms with Crippen molar-refractivity contribution in [3.05, 3.63) is 64.2 Å². The van der Waals surface area contributed by atoms with Gasteiger partial charge in [-0.25, -0.2) is 4.98 Å². The number of aromatic nitrogens is 4. The van der Waals surface area contributed by atoms with Gasteiger partial charge in [0, 0.05) is 4.47 Å². The van der Waals surface area contributed by atoms with Gasteiger partial charge in [-0.3, -0.25) is 4.79 Å². The van der Waals surface area contributed by atoms with Crippen LogP contribution in [0.25, 0.3) is 17.2 Å². The van der Waals surface area contributed by atoms with Crippen molar-refractivity contribution in [3.63, 3.8) is 0 Å². The zero-order valence-electron chi connectivity index (χ0n) is 14.7. The van der Waals surface area contributed by atoms with Crippen molar-refractivity contribution in [2.24, 2.45) is 0 Å². The average molecular weight is 466 g/mol. The fraction of sp³-hybridized carbons (Fsp3) is 0.111. The first-order chi connectivity index (χ1) is 13.7. The van der Waals surface area contributed by atoms with Gasteiger partial charge in [-0.2, -0.15) is 22.7 Å². The van der Waals surface area contributed by atoms with Crippen molar-refractivity contribution >= 4 is 33.3 Å². The second-order valence-electron chi connectivity index (χ2n) is 6.09. The van der Waals surface area contributed by atoms with Crippen LogP contribution < -0.4 is 5.32 Å². The maximum atomic E-state index is 13.5. The molecule has 0 fully saturated rings. The van der Waals surface area contributed by atoms with E-state index in [-0.39, 0.29) is 17.2 Å². The maximum absolute atomic E-state index is 13.5. The zero-order chi connectivity index (χ0) is 20.8. The molecular formula is C18H11BrF3N5O2. The fourth-order valence-electron chi connectivity index (χ4n) is 2.62. The average Bonchev–Trinajstić information content (AvgIpc) is 3.31. The molecule has 0 unspecified atom stereocenters. The van der Waals surface area contributed by atoms with E-state index in [4.69, 9.17) is 4.42 Å². The molecule has 1 aromatic carbocycles. The van der Waals surface area contributed by atoms with Crippen LogP contribution in [-0.4, -0.2) is 25.5 Å². The predicted molar refractivity (Wildman–Crippen MR) is 100 cm³/mol. The van der Waals surface area contributed by atoms with E-state index < -0.39 is 23.6 Å². The SMILES string of the molecule is Cc1ccc(NC(=O)c2nc3nc(-c4ccco4)cc(C(F)(F)F)n3n2)c(Br)c1. The molecule has 7 nitrogen and oxygen atoms in total. The Morgan fingerprint density at radius 1 is 1.21 bits per heavy atom. The molecule has 0 aliphatic rings. The number of benzene rings is 1. The number of hydrogen-bond acceptors (Lipinski definition) is 5. The van der Waals surface area contributed by atoms with E-state index in [0.29, 0.717) is 14.7 Å². The summed E-state index contributed by atoms with van der Waals surface area (Å²) in [4.78, 5) is 20.4. The van der Waals surface area contributed by atoms with Crippen LogP contribution in [0, 0.1) is 6.92 Å². The minimum Gasteiger partial charge on any atom is -0.463 e. The molecule has 0 spiro atoms. The first kappa shape index (κ1) is 19.1. The topological polar surface area (TPSA) is 85.3 Å². The minimum atomic E-state index is -4.75.